The van der Waals surface area contributed by atoms with E-state index in [1.165, 1.54) is 6.07 Å². The van der Waals surface area contributed by atoms with Crippen LogP contribution in [0.25, 0.3) is 0 Å². The Labute approximate surface area is 137 Å². The molecule has 2 heterocycles. The van der Waals surface area contributed by atoms with E-state index in [-0.39, 0.29) is 12.2 Å². The van der Waals surface area contributed by atoms with E-state index in [0.717, 1.165) is 5.56 Å². The zero-order chi connectivity index (χ0) is 16.1. The SMILES string of the molecule is O=c1ccc(CCc2nc(COc3ccc(Cl)cc3)no2)c[nH]1. The van der Waals surface area contributed by atoms with Crippen LogP contribution in [-0.2, 0) is 19.4 Å². The Morgan fingerprint density at radius 1 is 1.13 bits per heavy atom. The molecule has 0 radical (unpaired) electrons. The number of rotatable bonds is 6. The number of hydrogen-bond acceptors (Lipinski definition) is 5. The Morgan fingerprint density at radius 3 is 2.70 bits per heavy atom. The number of halogens is 1. The molecule has 0 saturated carbocycles. The number of aromatic amines is 1. The second kappa shape index (κ2) is 7.11. The highest BCUT2D eigenvalue weighted by atomic mass is 35.5. The van der Waals surface area contributed by atoms with E-state index < -0.39 is 0 Å². The number of benzene rings is 1. The maximum atomic E-state index is 11.0. The summed E-state index contributed by atoms with van der Waals surface area (Å²) in [6.45, 7) is 0.226. The van der Waals surface area contributed by atoms with E-state index in [1.54, 1.807) is 36.5 Å². The number of H-pyrrole nitrogens is 1. The van der Waals surface area contributed by atoms with Crippen LogP contribution in [-0.4, -0.2) is 15.1 Å². The number of nitrogens with zero attached hydrogens (tertiary/aromatic N) is 2. The average molecular weight is 332 g/mol. The van der Waals surface area contributed by atoms with Gasteiger partial charge in [0.05, 0.1) is 0 Å². The molecule has 0 amide bonds. The molecule has 3 aromatic rings. The number of aromatic nitrogens is 3. The molecule has 2 aromatic heterocycles. The first kappa shape index (κ1) is 15.3. The van der Waals surface area contributed by atoms with Crippen molar-refractivity contribution in [1.29, 1.82) is 0 Å². The van der Waals surface area contributed by atoms with Gasteiger partial charge in [0.2, 0.25) is 17.3 Å². The Bertz CT molecular complexity index is 807. The zero-order valence-electron chi connectivity index (χ0n) is 12.2. The van der Waals surface area contributed by atoms with Crippen molar-refractivity contribution < 1.29 is 9.26 Å². The molecule has 1 aromatic carbocycles. The van der Waals surface area contributed by atoms with E-state index in [2.05, 4.69) is 15.1 Å². The molecule has 6 nitrogen and oxygen atoms in total. The number of hydrogen-bond donors (Lipinski definition) is 1. The van der Waals surface area contributed by atoms with Gasteiger partial charge >= 0.3 is 0 Å². The molecule has 3 rings (SSSR count). The molecular weight excluding hydrogens is 318 g/mol. The van der Waals surface area contributed by atoms with Gasteiger partial charge in [0, 0.05) is 23.7 Å². The monoisotopic (exact) mass is 331 g/mol. The van der Waals surface area contributed by atoms with Gasteiger partial charge in [-0.3, -0.25) is 4.79 Å². The molecule has 0 fully saturated rings. The molecule has 0 atom stereocenters. The highest BCUT2D eigenvalue weighted by Crippen LogP contribution is 2.16. The first-order valence-electron chi connectivity index (χ1n) is 7.06. The summed E-state index contributed by atoms with van der Waals surface area (Å²) in [4.78, 5) is 17.9. The number of aryl methyl sites for hydroxylation is 2. The third kappa shape index (κ3) is 4.43. The van der Waals surface area contributed by atoms with Gasteiger partial charge in [0.1, 0.15) is 5.75 Å². The number of nitrogens with one attached hydrogen (secondary N) is 1. The summed E-state index contributed by atoms with van der Waals surface area (Å²) >= 11 is 5.81. The minimum atomic E-state index is -0.117. The van der Waals surface area contributed by atoms with Crippen LogP contribution < -0.4 is 10.3 Å². The minimum Gasteiger partial charge on any atom is -0.485 e. The number of pyridine rings is 1. The van der Waals surface area contributed by atoms with Gasteiger partial charge in [-0.2, -0.15) is 4.98 Å². The second-order valence-electron chi connectivity index (χ2n) is 4.91. The van der Waals surface area contributed by atoms with Crippen LogP contribution in [0.15, 0.2) is 51.9 Å². The molecule has 1 N–H and O–H groups in total. The van der Waals surface area contributed by atoms with E-state index in [1.807, 2.05) is 0 Å². The molecule has 0 spiro atoms. The summed E-state index contributed by atoms with van der Waals surface area (Å²) in [7, 11) is 0. The largest absolute Gasteiger partial charge is 0.485 e. The van der Waals surface area contributed by atoms with Gasteiger partial charge in [-0.05, 0) is 36.2 Å². The fourth-order valence-electron chi connectivity index (χ4n) is 1.98. The van der Waals surface area contributed by atoms with E-state index in [4.69, 9.17) is 20.9 Å². The normalized spacial score (nSPS) is 10.7. The quantitative estimate of drug-likeness (QED) is 0.751. The van der Waals surface area contributed by atoms with Crippen LogP contribution in [0.3, 0.4) is 0 Å². The maximum Gasteiger partial charge on any atom is 0.247 e. The summed E-state index contributed by atoms with van der Waals surface area (Å²) in [5.41, 5.74) is 0.884. The third-order valence-electron chi connectivity index (χ3n) is 3.17. The molecule has 0 aliphatic heterocycles. The maximum absolute atomic E-state index is 11.0. The van der Waals surface area contributed by atoms with E-state index >= 15 is 0 Å². The van der Waals surface area contributed by atoms with Crippen LogP contribution >= 0.6 is 11.6 Å². The molecule has 7 heteroatoms. The van der Waals surface area contributed by atoms with Crippen molar-refractivity contribution in [2.75, 3.05) is 0 Å². The van der Waals surface area contributed by atoms with Gasteiger partial charge < -0.3 is 14.2 Å². The highest BCUT2D eigenvalue weighted by molar-refractivity contribution is 6.30. The Hall–Kier alpha value is -2.60. The van der Waals surface area contributed by atoms with Gasteiger partial charge in [0.25, 0.3) is 0 Å². The Morgan fingerprint density at radius 2 is 1.96 bits per heavy atom. The molecule has 0 aliphatic carbocycles. The average Bonchev–Trinajstić information content (AvgIpc) is 3.02. The minimum absolute atomic E-state index is 0.117. The topological polar surface area (TPSA) is 81.0 Å². The standard InChI is InChI=1S/C16H14ClN3O3/c17-12-3-5-13(6-4-12)22-10-14-19-16(23-20-14)8-2-11-1-7-15(21)18-9-11/h1,3-7,9H,2,8,10H2,(H,18,21). The first-order valence-corrected chi connectivity index (χ1v) is 7.44. The second-order valence-corrected chi connectivity index (χ2v) is 5.34. The van der Waals surface area contributed by atoms with Crippen molar-refractivity contribution in [2.45, 2.75) is 19.4 Å². The molecule has 0 aliphatic rings. The summed E-state index contributed by atoms with van der Waals surface area (Å²) in [5.74, 6) is 1.70. The van der Waals surface area contributed by atoms with Gasteiger partial charge in [0.15, 0.2) is 6.61 Å². The molecule has 0 saturated heterocycles. The van der Waals surface area contributed by atoms with Crippen molar-refractivity contribution >= 4 is 11.6 Å². The molecule has 0 unspecified atom stereocenters. The number of ether oxygens (including phenoxy) is 1. The van der Waals surface area contributed by atoms with Gasteiger partial charge in [-0.1, -0.05) is 22.8 Å². The van der Waals surface area contributed by atoms with Crippen LogP contribution in [0.2, 0.25) is 5.02 Å². The lowest BCUT2D eigenvalue weighted by atomic mass is 10.1. The lowest BCUT2D eigenvalue weighted by Gasteiger charge is -2.02. The predicted molar refractivity (Wildman–Crippen MR) is 84.6 cm³/mol. The highest BCUT2D eigenvalue weighted by Gasteiger charge is 2.07. The van der Waals surface area contributed by atoms with E-state index in [0.29, 0.717) is 35.3 Å². The van der Waals surface area contributed by atoms with Crippen LogP contribution in [0, 0.1) is 0 Å². The molecular formula is C16H14ClN3O3. The van der Waals surface area contributed by atoms with Crippen molar-refractivity contribution in [2.24, 2.45) is 0 Å². The van der Waals surface area contributed by atoms with Crippen molar-refractivity contribution in [1.82, 2.24) is 15.1 Å². The van der Waals surface area contributed by atoms with Crippen LogP contribution in [0.1, 0.15) is 17.3 Å². The molecule has 0 bridgehead atoms. The molecule has 23 heavy (non-hydrogen) atoms. The van der Waals surface area contributed by atoms with Crippen molar-refractivity contribution in [3.8, 4) is 5.75 Å². The zero-order valence-corrected chi connectivity index (χ0v) is 12.9. The Balaban J connectivity index is 1.52. The summed E-state index contributed by atoms with van der Waals surface area (Å²) in [6.07, 6.45) is 2.99. The van der Waals surface area contributed by atoms with Crippen molar-refractivity contribution in [3.63, 3.8) is 0 Å². The van der Waals surface area contributed by atoms with E-state index in [9.17, 15) is 4.79 Å². The van der Waals surface area contributed by atoms with Crippen LogP contribution in [0.4, 0.5) is 0 Å². The third-order valence-corrected chi connectivity index (χ3v) is 3.42. The van der Waals surface area contributed by atoms with Gasteiger partial charge in [-0.15, -0.1) is 0 Å². The summed E-state index contributed by atoms with van der Waals surface area (Å²) in [5, 5.41) is 4.53. The lowest BCUT2D eigenvalue weighted by molar-refractivity contribution is 0.285. The summed E-state index contributed by atoms with van der Waals surface area (Å²) < 4.78 is 10.7. The fourth-order valence-corrected chi connectivity index (χ4v) is 2.10. The smallest absolute Gasteiger partial charge is 0.247 e. The fraction of sp³-hybridized carbons (Fsp3) is 0.188. The lowest BCUT2D eigenvalue weighted by Crippen LogP contribution is -2.03. The summed E-state index contributed by atoms with van der Waals surface area (Å²) in [6, 6.07) is 10.3. The molecule has 118 valence electrons. The van der Waals surface area contributed by atoms with Gasteiger partial charge in [-0.25, -0.2) is 0 Å². The first-order chi connectivity index (χ1) is 11.2. The van der Waals surface area contributed by atoms with Crippen LogP contribution in [0.5, 0.6) is 5.75 Å². The Kier molecular flexibility index (Phi) is 4.73. The van der Waals surface area contributed by atoms with Crippen molar-refractivity contribution in [3.05, 3.63) is 75.3 Å². The predicted octanol–water partition coefficient (Wildman–Crippen LogP) is 2.78.